The summed E-state index contributed by atoms with van der Waals surface area (Å²) >= 11 is 8.46. The summed E-state index contributed by atoms with van der Waals surface area (Å²) in [6.07, 6.45) is 2.86. The van der Waals surface area contributed by atoms with Crippen LogP contribution in [0.3, 0.4) is 0 Å². The van der Waals surface area contributed by atoms with Crippen LogP contribution in [0.15, 0.2) is 24.4 Å². The van der Waals surface area contributed by atoms with Crippen molar-refractivity contribution in [2.75, 3.05) is 6.54 Å². The average Bonchev–Trinajstić information content (AvgIpc) is 2.80. The molecule has 0 fully saturated rings. The number of nitrogens with zero attached hydrogens (tertiary/aromatic N) is 3. The molecule has 19 heavy (non-hydrogen) atoms. The molecule has 1 heterocycles. The normalized spacial score (nSPS) is 12.6. The number of hydrogen-bond donors (Lipinski definition) is 1. The first-order valence-corrected chi connectivity index (χ1v) is 7.62. The van der Waals surface area contributed by atoms with Crippen molar-refractivity contribution in [1.29, 1.82) is 0 Å². The molecule has 0 bridgehead atoms. The number of halogens is 2. The minimum atomic E-state index is 0.0607. The zero-order valence-electron chi connectivity index (χ0n) is 10.9. The number of hydrogen-bond acceptors (Lipinski definition) is 3. The molecule has 0 saturated heterocycles. The van der Waals surface area contributed by atoms with E-state index in [1.807, 2.05) is 25.2 Å². The second kappa shape index (κ2) is 6.67. The maximum Gasteiger partial charge on any atom is 0.0799 e. The van der Waals surface area contributed by atoms with E-state index in [-0.39, 0.29) is 6.04 Å². The SMILES string of the molecule is CCCNC(c1cc(Cl)ccc1I)c1cnnn1C. The van der Waals surface area contributed by atoms with Gasteiger partial charge in [-0.05, 0) is 59.3 Å². The van der Waals surface area contributed by atoms with Crippen molar-refractivity contribution in [1.82, 2.24) is 20.3 Å². The molecule has 0 spiro atoms. The van der Waals surface area contributed by atoms with E-state index in [1.54, 1.807) is 10.9 Å². The number of benzene rings is 1. The number of aryl methyl sites for hydroxylation is 1. The Morgan fingerprint density at radius 1 is 1.47 bits per heavy atom. The van der Waals surface area contributed by atoms with E-state index in [9.17, 15) is 0 Å². The second-order valence-electron chi connectivity index (χ2n) is 4.34. The van der Waals surface area contributed by atoms with Gasteiger partial charge in [0.2, 0.25) is 0 Å². The highest BCUT2D eigenvalue weighted by molar-refractivity contribution is 14.1. The first-order chi connectivity index (χ1) is 9.13. The van der Waals surface area contributed by atoms with Gasteiger partial charge in [-0.15, -0.1) is 5.10 Å². The molecule has 0 aliphatic heterocycles. The molecule has 4 nitrogen and oxygen atoms in total. The summed E-state index contributed by atoms with van der Waals surface area (Å²) in [4.78, 5) is 0. The van der Waals surface area contributed by atoms with Crippen LogP contribution in [-0.4, -0.2) is 21.5 Å². The maximum absolute atomic E-state index is 6.13. The van der Waals surface area contributed by atoms with Gasteiger partial charge in [0.1, 0.15) is 0 Å². The molecule has 1 atom stereocenters. The standard InChI is InChI=1S/C13H16ClIN4/c1-3-6-16-13(12-8-17-18-19(12)2)10-7-9(14)4-5-11(10)15/h4-5,7-8,13,16H,3,6H2,1-2H3. The topological polar surface area (TPSA) is 42.7 Å². The van der Waals surface area contributed by atoms with E-state index in [4.69, 9.17) is 11.6 Å². The Morgan fingerprint density at radius 3 is 2.89 bits per heavy atom. The van der Waals surface area contributed by atoms with Crippen molar-refractivity contribution in [2.24, 2.45) is 7.05 Å². The van der Waals surface area contributed by atoms with E-state index in [1.165, 1.54) is 3.57 Å². The summed E-state index contributed by atoms with van der Waals surface area (Å²) in [6, 6.07) is 6.00. The van der Waals surface area contributed by atoms with Crippen molar-refractivity contribution in [3.05, 3.63) is 44.2 Å². The fourth-order valence-electron chi connectivity index (χ4n) is 1.96. The highest BCUT2D eigenvalue weighted by Crippen LogP contribution is 2.28. The molecule has 102 valence electrons. The first-order valence-electron chi connectivity index (χ1n) is 6.16. The van der Waals surface area contributed by atoms with Crippen molar-refractivity contribution in [3.63, 3.8) is 0 Å². The highest BCUT2D eigenvalue weighted by Gasteiger charge is 2.20. The van der Waals surface area contributed by atoms with Gasteiger partial charge in [0.25, 0.3) is 0 Å². The molecule has 0 aliphatic carbocycles. The van der Waals surface area contributed by atoms with E-state index in [2.05, 4.69) is 45.1 Å². The molecule has 0 aliphatic rings. The molecule has 6 heteroatoms. The largest absolute Gasteiger partial charge is 0.305 e. The number of rotatable bonds is 5. The van der Waals surface area contributed by atoms with Gasteiger partial charge in [-0.25, -0.2) is 0 Å². The van der Waals surface area contributed by atoms with Crippen LogP contribution in [0.2, 0.25) is 5.02 Å². The number of aromatic nitrogens is 3. The quantitative estimate of drug-likeness (QED) is 0.798. The average molecular weight is 391 g/mol. The molecular weight excluding hydrogens is 375 g/mol. The lowest BCUT2D eigenvalue weighted by molar-refractivity contribution is 0.549. The monoisotopic (exact) mass is 390 g/mol. The molecule has 0 radical (unpaired) electrons. The Bertz CT molecular complexity index is 555. The van der Waals surface area contributed by atoms with Crippen LogP contribution in [0.25, 0.3) is 0 Å². The lowest BCUT2D eigenvalue weighted by Gasteiger charge is -2.20. The Kier molecular flexibility index (Phi) is 5.18. The summed E-state index contributed by atoms with van der Waals surface area (Å²) in [5, 5.41) is 12.3. The Labute approximate surface area is 131 Å². The van der Waals surface area contributed by atoms with Gasteiger partial charge in [-0.2, -0.15) is 0 Å². The van der Waals surface area contributed by atoms with Crippen molar-refractivity contribution < 1.29 is 0 Å². The predicted octanol–water partition coefficient (Wildman–Crippen LogP) is 3.16. The smallest absolute Gasteiger partial charge is 0.0799 e. The Morgan fingerprint density at radius 2 is 2.26 bits per heavy atom. The molecule has 1 aromatic carbocycles. The van der Waals surface area contributed by atoms with Crippen LogP contribution in [0.5, 0.6) is 0 Å². The Hall–Kier alpha value is -0.660. The molecule has 1 aromatic heterocycles. The van der Waals surface area contributed by atoms with E-state index in [0.29, 0.717) is 0 Å². The third kappa shape index (κ3) is 3.46. The van der Waals surface area contributed by atoms with E-state index >= 15 is 0 Å². The van der Waals surface area contributed by atoms with Gasteiger partial charge in [-0.3, -0.25) is 4.68 Å². The zero-order chi connectivity index (χ0) is 13.8. The summed E-state index contributed by atoms with van der Waals surface area (Å²) in [6.45, 7) is 3.08. The van der Waals surface area contributed by atoms with Crippen LogP contribution in [0.1, 0.15) is 30.6 Å². The van der Waals surface area contributed by atoms with Crippen LogP contribution in [0, 0.1) is 3.57 Å². The summed E-state index contributed by atoms with van der Waals surface area (Å²) < 4.78 is 2.97. The zero-order valence-corrected chi connectivity index (χ0v) is 13.8. The van der Waals surface area contributed by atoms with Crippen molar-refractivity contribution in [2.45, 2.75) is 19.4 Å². The molecule has 0 amide bonds. The highest BCUT2D eigenvalue weighted by atomic mass is 127. The molecule has 2 rings (SSSR count). The predicted molar refractivity (Wildman–Crippen MR) is 85.3 cm³/mol. The molecule has 0 saturated carbocycles. The van der Waals surface area contributed by atoms with E-state index < -0.39 is 0 Å². The summed E-state index contributed by atoms with van der Waals surface area (Å²) in [5.74, 6) is 0. The fourth-order valence-corrected chi connectivity index (χ4v) is 2.78. The van der Waals surface area contributed by atoms with Gasteiger partial charge in [0.05, 0.1) is 17.9 Å². The summed E-state index contributed by atoms with van der Waals surface area (Å²) in [7, 11) is 1.90. The van der Waals surface area contributed by atoms with Crippen molar-refractivity contribution in [3.8, 4) is 0 Å². The molecule has 1 unspecified atom stereocenters. The van der Waals surface area contributed by atoms with Crippen LogP contribution >= 0.6 is 34.2 Å². The molecule has 1 N–H and O–H groups in total. The first kappa shape index (κ1) is 14.7. The van der Waals surface area contributed by atoms with Crippen LogP contribution in [0.4, 0.5) is 0 Å². The van der Waals surface area contributed by atoms with Gasteiger partial charge < -0.3 is 5.32 Å². The fraction of sp³-hybridized carbons (Fsp3) is 0.385. The lowest BCUT2D eigenvalue weighted by Crippen LogP contribution is -2.26. The maximum atomic E-state index is 6.13. The van der Waals surface area contributed by atoms with Gasteiger partial charge in [0.15, 0.2) is 0 Å². The summed E-state index contributed by atoms with van der Waals surface area (Å²) in [5.41, 5.74) is 2.19. The van der Waals surface area contributed by atoms with Gasteiger partial charge >= 0.3 is 0 Å². The second-order valence-corrected chi connectivity index (χ2v) is 5.93. The van der Waals surface area contributed by atoms with Crippen molar-refractivity contribution >= 4 is 34.2 Å². The lowest BCUT2D eigenvalue weighted by atomic mass is 10.0. The third-order valence-corrected chi connectivity index (χ3v) is 4.13. The molecular formula is C13H16ClIN4. The van der Waals surface area contributed by atoms with Crippen LogP contribution in [-0.2, 0) is 7.05 Å². The number of nitrogens with one attached hydrogen (secondary N) is 1. The minimum Gasteiger partial charge on any atom is -0.305 e. The van der Waals surface area contributed by atoms with Crippen LogP contribution < -0.4 is 5.32 Å². The van der Waals surface area contributed by atoms with Gasteiger partial charge in [-0.1, -0.05) is 23.7 Å². The van der Waals surface area contributed by atoms with E-state index in [0.717, 1.165) is 29.2 Å². The van der Waals surface area contributed by atoms with Gasteiger partial charge in [0, 0.05) is 15.6 Å². The molecule has 2 aromatic rings. The Balaban J connectivity index is 2.42. The third-order valence-electron chi connectivity index (χ3n) is 2.91. The minimum absolute atomic E-state index is 0.0607.